The number of hydrogen-bond acceptors (Lipinski definition) is 2. The minimum Gasteiger partial charge on any atom is -0.349 e. The molecule has 0 atom stereocenters. The van der Waals surface area contributed by atoms with E-state index < -0.39 is 0 Å². The molecule has 0 aliphatic rings. The Morgan fingerprint density at radius 2 is 1.82 bits per heavy atom. The van der Waals surface area contributed by atoms with E-state index in [1.54, 1.807) is 0 Å². The molecule has 1 rings (SSSR count). The van der Waals surface area contributed by atoms with Gasteiger partial charge in [0.05, 0.1) is 0 Å². The molecule has 0 N–H and O–H groups in total. The predicted molar refractivity (Wildman–Crippen MR) is 72.3 cm³/mol. The summed E-state index contributed by atoms with van der Waals surface area (Å²) in [6, 6.07) is 5.92. The van der Waals surface area contributed by atoms with Gasteiger partial charge in [0, 0.05) is 18.2 Å². The Morgan fingerprint density at radius 1 is 1.18 bits per heavy atom. The second kappa shape index (κ2) is 7.49. The number of benzene rings is 1. The maximum absolute atomic E-state index is 5.99. The summed E-state index contributed by atoms with van der Waals surface area (Å²) in [7, 11) is 0. The molecule has 0 aliphatic heterocycles. The molecule has 1 aromatic carbocycles. The third kappa shape index (κ3) is 5.35. The van der Waals surface area contributed by atoms with E-state index in [9.17, 15) is 0 Å². The zero-order valence-corrected chi connectivity index (χ0v) is 11.3. The molecule has 2 nitrogen and oxygen atoms in total. The van der Waals surface area contributed by atoms with Crippen LogP contribution in [0.25, 0.3) is 6.08 Å². The van der Waals surface area contributed by atoms with Crippen LogP contribution in [0.2, 0.25) is 5.02 Å². The zero-order valence-electron chi connectivity index (χ0n) is 10.6. The van der Waals surface area contributed by atoms with Crippen molar-refractivity contribution in [1.29, 1.82) is 0 Å². The van der Waals surface area contributed by atoms with Gasteiger partial charge in [0.2, 0.25) is 0 Å². The van der Waals surface area contributed by atoms with Crippen LogP contribution in [0.1, 0.15) is 25.0 Å². The van der Waals surface area contributed by atoms with E-state index in [2.05, 4.69) is 6.07 Å². The lowest BCUT2D eigenvalue weighted by Crippen LogP contribution is -2.13. The van der Waals surface area contributed by atoms with Crippen LogP contribution < -0.4 is 0 Å². The first-order valence-electron chi connectivity index (χ1n) is 5.84. The summed E-state index contributed by atoms with van der Waals surface area (Å²) in [5, 5.41) is 0.744. The van der Waals surface area contributed by atoms with Crippen LogP contribution >= 0.6 is 11.6 Å². The van der Waals surface area contributed by atoms with Crippen LogP contribution in [0.3, 0.4) is 0 Å². The third-order valence-corrected chi connectivity index (χ3v) is 2.39. The molecule has 0 unspecified atom stereocenters. The van der Waals surface area contributed by atoms with Crippen molar-refractivity contribution in [2.24, 2.45) is 0 Å². The van der Waals surface area contributed by atoms with Gasteiger partial charge in [0.25, 0.3) is 0 Å². The summed E-state index contributed by atoms with van der Waals surface area (Å²) in [5.41, 5.74) is 2.20. The Labute approximate surface area is 108 Å². The molecular formula is C14H19ClO2. The first kappa shape index (κ1) is 14.2. The number of hydrogen-bond donors (Lipinski definition) is 0. The summed E-state index contributed by atoms with van der Waals surface area (Å²) < 4.78 is 10.8. The first-order valence-corrected chi connectivity index (χ1v) is 6.22. The van der Waals surface area contributed by atoms with Crippen LogP contribution in [-0.4, -0.2) is 19.5 Å². The minimum absolute atomic E-state index is 0.288. The summed E-state index contributed by atoms with van der Waals surface area (Å²) in [5.74, 6) is 0. The van der Waals surface area contributed by atoms with E-state index in [1.165, 1.54) is 0 Å². The maximum Gasteiger partial charge on any atom is 0.177 e. The Bertz CT molecular complexity index is 348. The second-order valence-corrected chi connectivity index (χ2v) is 4.14. The molecule has 0 amide bonds. The third-order valence-electron chi connectivity index (χ3n) is 2.17. The fourth-order valence-electron chi connectivity index (χ4n) is 1.54. The van der Waals surface area contributed by atoms with Gasteiger partial charge in [0.15, 0.2) is 6.29 Å². The largest absolute Gasteiger partial charge is 0.349 e. The predicted octanol–water partition coefficient (Wildman–Crippen LogP) is 4.06. The molecular weight excluding hydrogens is 236 g/mol. The normalized spacial score (nSPS) is 11.6. The van der Waals surface area contributed by atoms with Gasteiger partial charge in [-0.25, -0.2) is 0 Å². The average molecular weight is 255 g/mol. The molecule has 0 bridgehead atoms. The fourth-order valence-corrected chi connectivity index (χ4v) is 1.84. The Morgan fingerprint density at radius 3 is 2.35 bits per heavy atom. The Kier molecular flexibility index (Phi) is 6.27. The van der Waals surface area contributed by atoms with Gasteiger partial charge in [0.1, 0.15) is 0 Å². The van der Waals surface area contributed by atoms with E-state index in [4.69, 9.17) is 21.1 Å². The van der Waals surface area contributed by atoms with Gasteiger partial charge in [-0.1, -0.05) is 23.7 Å². The highest BCUT2D eigenvalue weighted by Crippen LogP contribution is 2.16. The van der Waals surface area contributed by atoms with Crippen LogP contribution in [0.15, 0.2) is 24.3 Å². The molecule has 0 aromatic heterocycles. The monoisotopic (exact) mass is 254 g/mol. The summed E-state index contributed by atoms with van der Waals surface area (Å²) in [4.78, 5) is 0. The molecule has 0 heterocycles. The smallest absolute Gasteiger partial charge is 0.177 e. The van der Waals surface area contributed by atoms with Crippen LogP contribution in [0.4, 0.5) is 0 Å². The molecule has 0 radical (unpaired) electrons. The molecule has 0 saturated heterocycles. The van der Waals surface area contributed by atoms with E-state index in [0.717, 1.165) is 16.1 Å². The van der Waals surface area contributed by atoms with Crippen molar-refractivity contribution in [1.82, 2.24) is 0 Å². The van der Waals surface area contributed by atoms with Gasteiger partial charge < -0.3 is 9.47 Å². The SMILES string of the molecule is CCOC(/C=C/c1cc(C)cc(Cl)c1)OCC. The van der Waals surface area contributed by atoms with Gasteiger partial charge in [-0.2, -0.15) is 0 Å². The molecule has 94 valence electrons. The molecule has 1 aromatic rings. The second-order valence-electron chi connectivity index (χ2n) is 3.70. The van der Waals surface area contributed by atoms with Gasteiger partial charge in [-0.05, 0) is 50.1 Å². The highest BCUT2D eigenvalue weighted by molar-refractivity contribution is 6.30. The topological polar surface area (TPSA) is 18.5 Å². The Balaban J connectivity index is 2.72. The summed E-state index contributed by atoms with van der Waals surface area (Å²) >= 11 is 5.99. The molecule has 0 fully saturated rings. The molecule has 0 spiro atoms. The van der Waals surface area contributed by atoms with Crippen molar-refractivity contribution in [2.45, 2.75) is 27.1 Å². The lowest BCUT2D eigenvalue weighted by Gasteiger charge is -2.12. The number of rotatable bonds is 6. The Hall–Kier alpha value is -0.830. The highest BCUT2D eigenvalue weighted by Gasteiger charge is 2.02. The lowest BCUT2D eigenvalue weighted by atomic mass is 10.1. The van der Waals surface area contributed by atoms with Crippen molar-refractivity contribution >= 4 is 17.7 Å². The quantitative estimate of drug-likeness (QED) is 0.713. The van der Waals surface area contributed by atoms with Crippen molar-refractivity contribution in [3.05, 3.63) is 40.4 Å². The first-order chi connectivity index (χ1) is 8.15. The number of ether oxygens (including phenoxy) is 2. The highest BCUT2D eigenvalue weighted by atomic mass is 35.5. The molecule has 3 heteroatoms. The van der Waals surface area contributed by atoms with E-state index >= 15 is 0 Å². The van der Waals surface area contributed by atoms with Crippen LogP contribution in [0, 0.1) is 6.92 Å². The van der Waals surface area contributed by atoms with Gasteiger partial charge in [-0.3, -0.25) is 0 Å². The zero-order chi connectivity index (χ0) is 12.7. The molecule has 17 heavy (non-hydrogen) atoms. The summed E-state index contributed by atoms with van der Waals surface area (Å²) in [6.07, 6.45) is 3.58. The van der Waals surface area contributed by atoms with Gasteiger partial charge in [-0.15, -0.1) is 0 Å². The number of aryl methyl sites for hydroxylation is 1. The van der Waals surface area contributed by atoms with Crippen molar-refractivity contribution in [3.63, 3.8) is 0 Å². The maximum atomic E-state index is 5.99. The van der Waals surface area contributed by atoms with Crippen molar-refractivity contribution in [2.75, 3.05) is 13.2 Å². The molecule has 0 aliphatic carbocycles. The fraction of sp³-hybridized carbons (Fsp3) is 0.429. The van der Waals surface area contributed by atoms with Crippen molar-refractivity contribution < 1.29 is 9.47 Å². The van der Waals surface area contributed by atoms with Crippen LogP contribution in [0.5, 0.6) is 0 Å². The van der Waals surface area contributed by atoms with Crippen LogP contribution in [-0.2, 0) is 9.47 Å². The molecule has 0 saturated carbocycles. The minimum atomic E-state index is -0.288. The number of halogens is 1. The summed E-state index contributed by atoms with van der Waals surface area (Å²) in [6.45, 7) is 7.17. The van der Waals surface area contributed by atoms with E-state index in [-0.39, 0.29) is 6.29 Å². The lowest BCUT2D eigenvalue weighted by molar-refractivity contribution is -0.103. The van der Waals surface area contributed by atoms with Gasteiger partial charge >= 0.3 is 0 Å². The standard InChI is InChI=1S/C14H19ClO2/c1-4-16-14(17-5-2)7-6-12-8-11(3)9-13(15)10-12/h6-10,14H,4-5H2,1-3H3/b7-6+. The average Bonchev–Trinajstić information content (AvgIpc) is 2.25. The van der Waals surface area contributed by atoms with E-state index in [0.29, 0.717) is 13.2 Å². The van der Waals surface area contributed by atoms with Crippen molar-refractivity contribution in [3.8, 4) is 0 Å². The van der Waals surface area contributed by atoms with E-state index in [1.807, 2.05) is 45.1 Å².